The Morgan fingerprint density at radius 3 is 1.02 bits per heavy atom. The van der Waals surface area contributed by atoms with Gasteiger partial charge in [0.1, 0.15) is 0 Å². The Morgan fingerprint density at radius 1 is 0.393 bits per heavy atom. The lowest BCUT2D eigenvalue weighted by atomic mass is 9.87. The van der Waals surface area contributed by atoms with E-state index in [1.54, 1.807) is 0 Å². The van der Waals surface area contributed by atoms with Gasteiger partial charge >= 0.3 is 0 Å². The number of carbonyl (C=O) groups is 6. The molecule has 1 unspecified atom stereocenters. The van der Waals surface area contributed by atoms with Crippen LogP contribution in [0.15, 0.2) is 218 Å². The van der Waals surface area contributed by atoms with Gasteiger partial charge in [-0.2, -0.15) is 0 Å². The number of hydrogen-bond acceptors (Lipinski definition) is 12. The van der Waals surface area contributed by atoms with E-state index in [1.165, 1.54) is 16.7 Å². The van der Waals surface area contributed by atoms with Gasteiger partial charge in [0.15, 0.2) is 0 Å². The van der Waals surface area contributed by atoms with Crippen LogP contribution in [0.5, 0.6) is 0 Å². The lowest BCUT2D eigenvalue weighted by Crippen LogP contribution is -2.50. The summed E-state index contributed by atoms with van der Waals surface area (Å²) in [5, 5.41) is 26.2. The summed E-state index contributed by atoms with van der Waals surface area (Å²) >= 11 is 0. The molecular weight excluding hydrogens is 1330 g/mol. The van der Waals surface area contributed by atoms with Crippen molar-refractivity contribution in [1.29, 1.82) is 0 Å². The highest BCUT2D eigenvalue weighted by Gasteiger charge is 2.36. The molecule has 9 aromatic carbocycles. The summed E-state index contributed by atoms with van der Waals surface area (Å²) in [5.74, 6) is 1.31. The average molecular weight is 1450 g/mol. The predicted octanol–water partition coefficient (Wildman–Crippen LogP) is 11.6. The van der Waals surface area contributed by atoms with Gasteiger partial charge in [-0.1, -0.05) is 210 Å². The number of fused-ring (bicyclic) bond motifs is 3. The molecule has 6 amide bonds. The molecule has 0 radical (unpaired) electrons. The third-order valence-electron chi connectivity index (χ3n) is 21.4. The van der Waals surface area contributed by atoms with Gasteiger partial charge in [-0.15, -0.1) is 0 Å². The van der Waals surface area contributed by atoms with Crippen LogP contribution < -0.4 is 49.1 Å². The quantitative estimate of drug-likeness (QED) is 0.0222. The van der Waals surface area contributed by atoms with Crippen molar-refractivity contribution in [3.05, 3.63) is 252 Å². The summed E-state index contributed by atoms with van der Waals surface area (Å²) < 4.78 is 0. The molecule has 12 rings (SSSR count). The van der Waals surface area contributed by atoms with Crippen LogP contribution in [0.4, 0.5) is 0 Å². The van der Waals surface area contributed by atoms with E-state index >= 15 is 0 Å². The van der Waals surface area contributed by atoms with Crippen molar-refractivity contribution < 1.29 is 28.8 Å². The van der Waals surface area contributed by atoms with Crippen LogP contribution in [0, 0.1) is 5.92 Å². The van der Waals surface area contributed by atoms with E-state index in [4.69, 9.17) is 17.2 Å². The molecule has 0 saturated carbocycles. The van der Waals surface area contributed by atoms with E-state index in [0.29, 0.717) is 132 Å². The average Bonchev–Trinajstić information content (AvgIpc) is 1.82. The van der Waals surface area contributed by atoms with Crippen molar-refractivity contribution in [2.24, 2.45) is 23.1 Å². The standard InChI is InChI=1S/2C30H38N4O2.C29H36N4O2/c1-21(2)27(23-9-4-3-5-10-23)20-34-17-15-26(33-28(14-16-31)30(34)36)19-32-29(35)25-13-12-22-8-6-7-11-24(22)18-25;1-2-22(23-9-4-3-5-10-23)21-34-18-16-27(33-28(30(34)36)13-8-17-31)20-32-29(35)26-15-14-24-11-6-7-12-25(24)19-26;1-2-21(22-8-4-3-5-9-22)20-33-17-15-26(32-27(14-16-30)29(33)35)19-31-28(34)25-13-12-23-10-6-7-11-24(23)18-25/h3-13,18,21,26-28,33H,14-17,19-20,31H2,1-2H3,(H,32,35);3-7,9-12,14-15,19,22,27-28,33H,2,8,13,16-18,20-21,31H2,1H3,(H,32,35);3-13,18,21,26-27,32H,2,14-17,19-20,30H2,1H3,(H,31,34)/t26-,27?,28-;22-,27-,28-;21-,26+,27+/m001/s1. The fraction of sp³-hybridized carbons (Fsp3) is 0.393. The summed E-state index contributed by atoms with van der Waals surface area (Å²) in [6.07, 6.45) is 6.89. The summed E-state index contributed by atoms with van der Waals surface area (Å²) in [5.41, 5.74) is 23.2. The van der Waals surface area contributed by atoms with Crippen molar-refractivity contribution in [3.8, 4) is 0 Å². The van der Waals surface area contributed by atoms with E-state index in [0.717, 1.165) is 70.8 Å². The molecule has 18 heteroatoms. The highest BCUT2D eigenvalue weighted by atomic mass is 16.2. The Hall–Kier alpha value is -9.66. The molecule has 3 heterocycles. The number of hydrogen-bond donors (Lipinski definition) is 9. The Balaban J connectivity index is 0.000000172. The second kappa shape index (κ2) is 40.9. The first-order valence-corrected chi connectivity index (χ1v) is 38.8. The first-order chi connectivity index (χ1) is 52.1. The van der Waals surface area contributed by atoms with Crippen molar-refractivity contribution in [1.82, 2.24) is 46.6 Å². The zero-order valence-corrected chi connectivity index (χ0v) is 62.9. The van der Waals surface area contributed by atoms with Gasteiger partial charge in [-0.3, -0.25) is 28.8 Å². The minimum absolute atomic E-state index is 0.00158. The predicted molar refractivity (Wildman–Crippen MR) is 433 cm³/mol. The number of nitrogens with zero attached hydrogens (tertiary/aromatic N) is 3. The van der Waals surface area contributed by atoms with Gasteiger partial charge in [-0.25, -0.2) is 0 Å². The summed E-state index contributed by atoms with van der Waals surface area (Å²) in [6.45, 7) is 15.6. The van der Waals surface area contributed by atoms with Crippen LogP contribution in [-0.2, 0) is 14.4 Å². The smallest absolute Gasteiger partial charge is 0.251 e. The maximum absolute atomic E-state index is 13.5. The summed E-state index contributed by atoms with van der Waals surface area (Å²) in [4.78, 5) is 85.0. The fourth-order valence-electron chi connectivity index (χ4n) is 15.1. The molecule has 3 aliphatic heterocycles. The molecule has 3 saturated heterocycles. The normalized spacial score (nSPS) is 19.3. The Bertz CT molecular complexity index is 4310. The fourth-order valence-corrected chi connectivity index (χ4v) is 15.1. The monoisotopic (exact) mass is 1440 g/mol. The van der Waals surface area contributed by atoms with Gasteiger partial charge in [-0.05, 0) is 169 Å². The third kappa shape index (κ3) is 22.7. The first kappa shape index (κ1) is 79.9. The van der Waals surface area contributed by atoms with E-state index < -0.39 is 0 Å². The zero-order chi connectivity index (χ0) is 75.4. The molecule has 564 valence electrons. The highest BCUT2D eigenvalue weighted by molar-refractivity contribution is 6.00. The SMILES string of the molecule is CC(C)C(CN1CC[C@@H](CNC(=O)c2ccc3ccccc3c2)N[C@@H](CCN)C1=O)c1ccccc1.CC[C@@H](CN1CC[C@@H](CNC(=O)c2ccc3ccccc3c2)N[C@@H](CCCN)C1=O)c1ccccc1.CC[C@H](CN1CC[C@@H](CNC(=O)c2ccc3ccccc3c2)N[C@@H](CCN)C1=O)c1ccccc1. The number of nitrogens with one attached hydrogen (secondary N) is 6. The molecule has 107 heavy (non-hydrogen) atoms. The Morgan fingerprint density at radius 2 is 0.701 bits per heavy atom. The maximum Gasteiger partial charge on any atom is 0.251 e. The Labute approximate surface area is 632 Å². The lowest BCUT2D eigenvalue weighted by molar-refractivity contribution is -0.134. The molecular formula is C89H112N12O6. The zero-order valence-electron chi connectivity index (χ0n) is 62.9. The molecule has 0 bridgehead atoms. The molecule has 18 nitrogen and oxygen atoms in total. The maximum atomic E-state index is 13.5. The van der Waals surface area contributed by atoms with Crippen molar-refractivity contribution >= 4 is 67.8 Å². The minimum Gasteiger partial charge on any atom is -0.350 e. The van der Waals surface area contributed by atoms with Crippen LogP contribution in [0.3, 0.4) is 0 Å². The van der Waals surface area contributed by atoms with Crippen LogP contribution in [-0.4, -0.2) is 165 Å². The summed E-state index contributed by atoms with van der Waals surface area (Å²) in [6, 6.07) is 71.6. The van der Waals surface area contributed by atoms with E-state index in [2.05, 4.69) is 132 Å². The van der Waals surface area contributed by atoms with E-state index in [1.807, 2.05) is 160 Å². The largest absolute Gasteiger partial charge is 0.350 e. The lowest BCUT2D eigenvalue weighted by Gasteiger charge is -2.31. The van der Waals surface area contributed by atoms with Crippen molar-refractivity contribution in [3.63, 3.8) is 0 Å². The second-order valence-corrected chi connectivity index (χ2v) is 29.2. The van der Waals surface area contributed by atoms with Gasteiger partial charge in [0.2, 0.25) is 17.7 Å². The second-order valence-electron chi connectivity index (χ2n) is 29.2. The molecule has 0 spiro atoms. The number of benzene rings is 9. The number of amides is 6. The molecule has 0 aromatic heterocycles. The molecule has 12 N–H and O–H groups in total. The van der Waals surface area contributed by atoms with E-state index in [9.17, 15) is 28.8 Å². The van der Waals surface area contributed by atoms with Crippen LogP contribution in [0.25, 0.3) is 32.3 Å². The molecule has 3 fully saturated rings. The molecule has 3 aliphatic rings. The minimum atomic E-state index is -0.344. The van der Waals surface area contributed by atoms with Gasteiger partial charge in [0, 0.05) is 111 Å². The van der Waals surface area contributed by atoms with Crippen molar-refractivity contribution in [2.75, 3.05) is 78.5 Å². The van der Waals surface area contributed by atoms with Gasteiger partial charge in [0.25, 0.3) is 17.7 Å². The highest BCUT2D eigenvalue weighted by Crippen LogP contribution is 2.29. The van der Waals surface area contributed by atoms with E-state index in [-0.39, 0.29) is 77.6 Å². The van der Waals surface area contributed by atoms with Gasteiger partial charge < -0.3 is 63.8 Å². The number of carbonyl (C=O) groups excluding carboxylic acids is 6. The number of nitrogens with two attached hydrogens (primary N) is 3. The molecule has 9 atom stereocenters. The summed E-state index contributed by atoms with van der Waals surface area (Å²) in [7, 11) is 0. The molecule has 9 aromatic rings. The van der Waals surface area contributed by atoms with Gasteiger partial charge in [0.05, 0.1) is 18.1 Å². The van der Waals surface area contributed by atoms with Crippen molar-refractivity contribution in [2.45, 2.75) is 139 Å². The van der Waals surface area contributed by atoms with Crippen LogP contribution in [0.1, 0.15) is 151 Å². The van der Waals surface area contributed by atoms with Crippen LogP contribution in [0.2, 0.25) is 0 Å². The third-order valence-corrected chi connectivity index (χ3v) is 21.4. The Kier molecular flexibility index (Phi) is 30.5. The molecule has 0 aliphatic carbocycles. The first-order valence-electron chi connectivity index (χ1n) is 38.8. The number of rotatable bonds is 28. The van der Waals surface area contributed by atoms with Crippen LogP contribution >= 0.6 is 0 Å². The topological polar surface area (TPSA) is 262 Å².